The number of hydrazone groups is 1. The van der Waals surface area contributed by atoms with Crippen molar-refractivity contribution in [1.29, 1.82) is 0 Å². The summed E-state index contributed by atoms with van der Waals surface area (Å²) >= 11 is 6.71. The number of nitrogens with one attached hydrogen (secondary N) is 1. The van der Waals surface area contributed by atoms with Crippen molar-refractivity contribution >= 4 is 54.5 Å². The molecule has 0 saturated carbocycles. The van der Waals surface area contributed by atoms with E-state index in [9.17, 15) is 4.79 Å². The number of H-pyrrole nitrogens is 1. The third kappa shape index (κ3) is 3.42. The Morgan fingerprint density at radius 2 is 1.86 bits per heavy atom. The summed E-state index contributed by atoms with van der Waals surface area (Å²) in [4.78, 5) is 21.2. The summed E-state index contributed by atoms with van der Waals surface area (Å²) in [6.45, 7) is 0. The third-order valence-electron chi connectivity index (χ3n) is 4.80. The summed E-state index contributed by atoms with van der Waals surface area (Å²) in [6, 6.07) is 18.7. The fraction of sp³-hybridized carbons (Fsp3) is 0.0952. The predicted octanol–water partition coefficient (Wildman–Crippen LogP) is 5.67. The van der Waals surface area contributed by atoms with Gasteiger partial charge in [-0.05, 0) is 57.9 Å². The second-order valence-corrected chi connectivity index (χ2v) is 8.36. The van der Waals surface area contributed by atoms with Crippen LogP contribution in [0.2, 0.25) is 0 Å². The molecule has 0 bridgehead atoms. The number of hydrogen-bond donors (Lipinski definition) is 1. The molecule has 1 unspecified atom stereocenters. The summed E-state index contributed by atoms with van der Waals surface area (Å²) in [5.41, 5.74) is 3.56. The van der Waals surface area contributed by atoms with E-state index in [0.29, 0.717) is 16.9 Å². The van der Waals surface area contributed by atoms with Crippen molar-refractivity contribution in [3.05, 3.63) is 87.0 Å². The minimum atomic E-state index is -0.350. The van der Waals surface area contributed by atoms with Crippen LogP contribution < -0.4 is 0 Å². The Labute approximate surface area is 182 Å². The molecule has 144 valence electrons. The lowest BCUT2D eigenvalue weighted by Gasteiger charge is -2.18. The van der Waals surface area contributed by atoms with Gasteiger partial charge in [-0.25, -0.2) is 9.99 Å². The molecule has 1 N–H and O–H groups in total. The van der Waals surface area contributed by atoms with Crippen LogP contribution in [-0.4, -0.2) is 26.6 Å². The first-order chi connectivity index (χ1) is 14.1. The monoisotopic (exact) mass is 512 g/mol. The topological polar surface area (TPSA) is 74.5 Å². The summed E-state index contributed by atoms with van der Waals surface area (Å²) in [5.74, 6) is 0.605. The molecule has 2 aromatic carbocycles. The first kappa shape index (κ1) is 18.3. The lowest BCUT2D eigenvalue weighted by molar-refractivity contribution is 0.0671. The van der Waals surface area contributed by atoms with Crippen LogP contribution in [0.3, 0.4) is 0 Å². The highest BCUT2D eigenvalue weighted by molar-refractivity contribution is 9.10. The Morgan fingerprint density at radius 3 is 2.59 bits per heavy atom. The van der Waals surface area contributed by atoms with E-state index in [4.69, 9.17) is 9.40 Å². The number of benzene rings is 2. The van der Waals surface area contributed by atoms with Gasteiger partial charge in [0.05, 0.1) is 16.7 Å². The van der Waals surface area contributed by atoms with Gasteiger partial charge in [-0.15, -0.1) is 0 Å². The van der Waals surface area contributed by atoms with E-state index in [1.165, 1.54) is 5.01 Å². The van der Waals surface area contributed by atoms with Gasteiger partial charge < -0.3 is 9.40 Å². The molecule has 0 aliphatic carbocycles. The van der Waals surface area contributed by atoms with E-state index >= 15 is 0 Å². The number of aromatic amines is 1. The van der Waals surface area contributed by atoms with Crippen LogP contribution in [0.5, 0.6) is 0 Å². The summed E-state index contributed by atoms with van der Waals surface area (Å²) in [6.07, 6.45) is 0.551. The Morgan fingerprint density at radius 1 is 1.07 bits per heavy atom. The number of para-hydroxylation sites is 2. The van der Waals surface area contributed by atoms with Crippen LogP contribution in [0.15, 0.2) is 79.3 Å². The number of aromatic nitrogens is 2. The van der Waals surface area contributed by atoms with Crippen molar-refractivity contribution in [2.24, 2.45) is 5.10 Å². The summed E-state index contributed by atoms with van der Waals surface area (Å²) in [7, 11) is 0. The number of halogens is 2. The quantitative estimate of drug-likeness (QED) is 0.383. The second-order valence-electron chi connectivity index (χ2n) is 6.67. The van der Waals surface area contributed by atoms with Crippen LogP contribution in [0.25, 0.3) is 11.0 Å². The molecule has 2 aromatic heterocycles. The van der Waals surface area contributed by atoms with Crippen LogP contribution >= 0.6 is 31.9 Å². The summed E-state index contributed by atoms with van der Waals surface area (Å²) < 4.78 is 6.96. The fourth-order valence-corrected chi connectivity index (χ4v) is 3.97. The predicted molar refractivity (Wildman–Crippen MR) is 117 cm³/mol. The maximum atomic E-state index is 13.1. The molecule has 8 heteroatoms. The van der Waals surface area contributed by atoms with E-state index < -0.39 is 0 Å². The van der Waals surface area contributed by atoms with Gasteiger partial charge in [0.1, 0.15) is 11.9 Å². The van der Waals surface area contributed by atoms with Gasteiger partial charge in [0.25, 0.3) is 0 Å². The molecule has 3 heterocycles. The van der Waals surface area contributed by atoms with E-state index in [-0.39, 0.29) is 17.7 Å². The van der Waals surface area contributed by atoms with E-state index in [0.717, 1.165) is 26.8 Å². The van der Waals surface area contributed by atoms with Crippen LogP contribution in [0.4, 0.5) is 0 Å². The first-order valence-electron chi connectivity index (χ1n) is 8.95. The van der Waals surface area contributed by atoms with Crippen molar-refractivity contribution in [3.63, 3.8) is 0 Å². The fourth-order valence-electron chi connectivity index (χ4n) is 3.40. The van der Waals surface area contributed by atoms with Crippen LogP contribution in [0, 0.1) is 0 Å². The van der Waals surface area contributed by atoms with Crippen molar-refractivity contribution in [1.82, 2.24) is 15.0 Å². The molecular formula is C21H14Br2N4O2. The van der Waals surface area contributed by atoms with Gasteiger partial charge in [0, 0.05) is 10.9 Å². The molecule has 0 saturated heterocycles. The van der Waals surface area contributed by atoms with Crippen LogP contribution in [0.1, 0.15) is 34.4 Å². The Kier molecular flexibility index (Phi) is 4.60. The molecule has 4 aromatic rings. The Hall–Kier alpha value is -2.71. The zero-order valence-electron chi connectivity index (χ0n) is 15.0. The molecule has 0 fully saturated rings. The van der Waals surface area contributed by atoms with Crippen molar-refractivity contribution in [2.45, 2.75) is 12.5 Å². The van der Waals surface area contributed by atoms with Crippen molar-refractivity contribution in [3.8, 4) is 0 Å². The van der Waals surface area contributed by atoms with Crippen LogP contribution in [-0.2, 0) is 0 Å². The molecule has 29 heavy (non-hydrogen) atoms. The molecule has 5 rings (SSSR count). The van der Waals surface area contributed by atoms with Crippen molar-refractivity contribution in [2.75, 3.05) is 0 Å². The highest BCUT2D eigenvalue weighted by Crippen LogP contribution is 2.34. The van der Waals surface area contributed by atoms with Gasteiger partial charge in [-0.1, -0.05) is 40.2 Å². The number of imidazole rings is 1. The highest BCUT2D eigenvalue weighted by Gasteiger charge is 2.36. The third-order valence-corrected chi connectivity index (χ3v) is 5.76. The molecule has 0 spiro atoms. The maximum absolute atomic E-state index is 13.1. The highest BCUT2D eigenvalue weighted by atomic mass is 79.9. The van der Waals surface area contributed by atoms with Crippen molar-refractivity contribution < 1.29 is 9.21 Å². The minimum Gasteiger partial charge on any atom is -0.444 e. The first-order valence-corrected chi connectivity index (χ1v) is 10.5. The number of carbonyl (C=O) groups is 1. The van der Waals surface area contributed by atoms with Gasteiger partial charge in [0.2, 0.25) is 0 Å². The number of rotatable bonds is 3. The Bertz CT molecular complexity index is 1210. The van der Waals surface area contributed by atoms with Gasteiger partial charge in [-0.2, -0.15) is 5.10 Å². The largest absolute Gasteiger partial charge is 0.444 e. The van der Waals surface area contributed by atoms with Gasteiger partial charge >= 0.3 is 5.91 Å². The zero-order chi connectivity index (χ0) is 20.0. The minimum absolute atomic E-state index is 0.221. The standard InChI is InChI=1S/C21H14Br2N4O2/c22-13-7-5-12(6-8-13)16-11-17(20-24-14-3-1-2-4-15(14)25-20)27(26-16)21(28)18-9-10-19(23)29-18/h1-10,17H,11H2,(H,24,25). The summed E-state index contributed by atoms with van der Waals surface area (Å²) in [5, 5.41) is 6.11. The van der Waals surface area contributed by atoms with E-state index in [2.05, 4.69) is 41.9 Å². The number of fused-ring (bicyclic) bond motifs is 1. The van der Waals surface area contributed by atoms with E-state index in [1.807, 2.05) is 48.5 Å². The zero-order valence-corrected chi connectivity index (χ0v) is 18.1. The number of carbonyl (C=O) groups excluding carboxylic acids is 1. The van der Waals surface area contributed by atoms with E-state index in [1.54, 1.807) is 12.1 Å². The lowest BCUT2D eigenvalue weighted by Crippen LogP contribution is -2.27. The average Bonchev–Trinajstić information content (AvgIpc) is 3.45. The van der Waals surface area contributed by atoms with Gasteiger partial charge in [0.15, 0.2) is 10.4 Å². The van der Waals surface area contributed by atoms with Gasteiger partial charge in [-0.3, -0.25) is 4.79 Å². The number of amides is 1. The number of nitrogens with zero attached hydrogens (tertiary/aromatic N) is 3. The number of furan rings is 1. The molecule has 1 aliphatic heterocycles. The molecule has 0 radical (unpaired) electrons. The normalized spacial score (nSPS) is 16.4. The number of hydrogen-bond acceptors (Lipinski definition) is 4. The SMILES string of the molecule is O=C(c1ccc(Br)o1)N1N=C(c2ccc(Br)cc2)CC1c1nc2ccccc2[nH]1. The Balaban J connectivity index is 1.56. The molecule has 6 nitrogen and oxygen atoms in total. The smallest absolute Gasteiger partial charge is 0.310 e. The maximum Gasteiger partial charge on any atom is 0.310 e. The molecule has 1 atom stereocenters. The molecule has 1 aliphatic rings. The average molecular weight is 514 g/mol. The molecule has 1 amide bonds. The lowest BCUT2D eigenvalue weighted by atomic mass is 10.0. The molecular weight excluding hydrogens is 500 g/mol. The second kappa shape index (κ2) is 7.27.